The molecule has 0 fully saturated rings. The maximum Gasteiger partial charge on any atom is 0.410 e. The van der Waals surface area contributed by atoms with Gasteiger partial charge in [-0.15, -0.1) is 0 Å². The van der Waals surface area contributed by atoms with Gasteiger partial charge in [-0.1, -0.05) is 43.7 Å². The van der Waals surface area contributed by atoms with Crippen LogP contribution in [-0.4, -0.2) is 35.2 Å². The zero-order chi connectivity index (χ0) is 16.9. The van der Waals surface area contributed by atoms with Crippen LogP contribution in [0.15, 0.2) is 42.5 Å². The third kappa shape index (κ3) is 5.02. The number of anilines is 1. The van der Waals surface area contributed by atoms with Crippen LogP contribution in [0.5, 0.6) is 0 Å². The van der Waals surface area contributed by atoms with Gasteiger partial charge < -0.3 is 10.1 Å². The number of rotatable bonds is 4. The number of hydrogen-bond donors (Lipinski definition) is 1. The summed E-state index contributed by atoms with van der Waals surface area (Å²) >= 11 is 0. The average Bonchev–Trinajstić information content (AvgIpc) is 2.48. The molecule has 1 N–H and O–H groups in total. The molecule has 23 heavy (non-hydrogen) atoms. The van der Waals surface area contributed by atoms with E-state index in [4.69, 9.17) is 4.74 Å². The van der Waals surface area contributed by atoms with Gasteiger partial charge in [0.1, 0.15) is 5.60 Å². The molecule has 1 aliphatic rings. The molecule has 1 aromatic rings. The molecule has 4 nitrogen and oxygen atoms in total. The van der Waals surface area contributed by atoms with Crippen molar-refractivity contribution in [2.24, 2.45) is 0 Å². The molecule has 2 rings (SSSR count). The predicted molar refractivity (Wildman–Crippen MR) is 94.6 cm³/mol. The minimum Gasteiger partial charge on any atom is -0.444 e. The van der Waals surface area contributed by atoms with Crippen LogP contribution >= 0.6 is 0 Å². The first-order valence-electron chi connectivity index (χ1n) is 8.38. The van der Waals surface area contributed by atoms with E-state index in [1.165, 1.54) is 0 Å². The second kappa shape index (κ2) is 7.53. The van der Waals surface area contributed by atoms with E-state index in [0.717, 1.165) is 18.5 Å². The summed E-state index contributed by atoms with van der Waals surface area (Å²) in [5.74, 6) is 0. The van der Waals surface area contributed by atoms with Crippen LogP contribution in [0, 0.1) is 0 Å². The summed E-state index contributed by atoms with van der Waals surface area (Å²) in [6.45, 7) is 8.45. The summed E-state index contributed by atoms with van der Waals surface area (Å²) in [7, 11) is 0. The quantitative estimate of drug-likeness (QED) is 0.835. The SMILES string of the molecule is CCC[C@@H]1[C@@H](Nc2ccccc2)C=CCN1C(=O)OC(C)(C)C. The Labute approximate surface area is 139 Å². The summed E-state index contributed by atoms with van der Waals surface area (Å²) in [5.41, 5.74) is 0.589. The normalized spacial score (nSPS) is 21.1. The van der Waals surface area contributed by atoms with Gasteiger partial charge in [0.15, 0.2) is 0 Å². The van der Waals surface area contributed by atoms with Gasteiger partial charge in [0.05, 0.1) is 12.1 Å². The first kappa shape index (κ1) is 17.4. The molecule has 1 heterocycles. The van der Waals surface area contributed by atoms with E-state index in [1.54, 1.807) is 0 Å². The second-order valence-electron chi connectivity index (χ2n) is 6.95. The highest BCUT2D eigenvalue weighted by Crippen LogP contribution is 2.23. The molecular weight excluding hydrogens is 288 g/mol. The van der Waals surface area contributed by atoms with Crippen molar-refractivity contribution >= 4 is 11.8 Å². The third-order valence-corrected chi connectivity index (χ3v) is 3.78. The molecule has 0 spiro atoms. The number of benzene rings is 1. The monoisotopic (exact) mass is 316 g/mol. The third-order valence-electron chi connectivity index (χ3n) is 3.78. The largest absolute Gasteiger partial charge is 0.444 e. The molecule has 1 amide bonds. The fourth-order valence-electron chi connectivity index (χ4n) is 2.81. The van der Waals surface area contributed by atoms with Crippen molar-refractivity contribution in [3.8, 4) is 0 Å². The van der Waals surface area contributed by atoms with Gasteiger partial charge in [-0.2, -0.15) is 0 Å². The zero-order valence-corrected chi connectivity index (χ0v) is 14.6. The molecule has 4 heteroatoms. The molecule has 0 aromatic heterocycles. The molecule has 0 unspecified atom stereocenters. The summed E-state index contributed by atoms with van der Waals surface area (Å²) < 4.78 is 5.58. The van der Waals surface area contributed by atoms with Gasteiger partial charge in [-0.05, 0) is 39.3 Å². The number of para-hydroxylation sites is 1. The maximum atomic E-state index is 12.5. The maximum absolute atomic E-state index is 12.5. The van der Waals surface area contributed by atoms with Crippen molar-refractivity contribution in [2.45, 2.75) is 58.2 Å². The van der Waals surface area contributed by atoms with Crippen molar-refractivity contribution in [1.29, 1.82) is 0 Å². The Morgan fingerprint density at radius 1 is 1.30 bits per heavy atom. The molecule has 2 atom stereocenters. The van der Waals surface area contributed by atoms with Crippen LogP contribution in [0.3, 0.4) is 0 Å². The van der Waals surface area contributed by atoms with Crippen LogP contribution in [0.25, 0.3) is 0 Å². The highest BCUT2D eigenvalue weighted by molar-refractivity contribution is 5.69. The molecular formula is C19H28N2O2. The lowest BCUT2D eigenvalue weighted by Crippen LogP contribution is -2.52. The Morgan fingerprint density at radius 3 is 2.61 bits per heavy atom. The molecule has 0 saturated heterocycles. The molecule has 1 aliphatic heterocycles. The van der Waals surface area contributed by atoms with Crippen LogP contribution in [0.4, 0.5) is 10.5 Å². The Morgan fingerprint density at radius 2 is 2.00 bits per heavy atom. The van der Waals surface area contributed by atoms with Crippen molar-refractivity contribution in [1.82, 2.24) is 4.90 Å². The van der Waals surface area contributed by atoms with E-state index in [9.17, 15) is 4.79 Å². The topological polar surface area (TPSA) is 41.6 Å². The van der Waals surface area contributed by atoms with Crippen LogP contribution < -0.4 is 5.32 Å². The van der Waals surface area contributed by atoms with E-state index in [1.807, 2.05) is 62.1 Å². The fraction of sp³-hybridized carbons (Fsp3) is 0.526. The molecule has 1 aromatic carbocycles. The Bertz CT molecular complexity index is 534. The van der Waals surface area contributed by atoms with Gasteiger partial charge in [0.25, 0.3) is 0 Å². The molecule has 0 saturated carbocycles. The van der Waals surface area contributed by atoms with Crippen LogP contribution in [0.2, 0.25) is 0 Å². The molecule has 0 aliphatic carbocycles. The smallest absolute Gasteiger partial charge is 0.410 e. The number of amides is 1. The first-order valence-corrected chi connectivity index (χ1v) is 8.38. The number of nitrogens with zero attached hydrogens (tertiary/aromatic N) is 1. The molecule has 0 radical (unpaired) electrons. The van der Waals surface area contributed by atoms with Gasteiger partial charge in [0, 0.05) is 12.2 Å². The first-order chi connectivity index (χ1) is 10.9. The minimum absolute atomic E-state index is 0.0959. The van der Waals surface area contributed by atoms with Crippen molar-refractivity contribution < 1.29 is 9.53 Å². The van der Waals surface area contributed by atoms with Gasteiger partial charge in [-0.3, -0.25) is 4.90 Å². The van der Waals surface area contributed by atoms with E-state index >= 15 is 0 Å². The summed E-state index contributed by atoms with van der Waals surface area (Å²) in [6, 6.07) is 10.3. The Hall–Kier alpha value is -1.97. The highest BCUT2D eigenvalue weighted by atomic mass is 16.6. The van der Waals surface area contributed by atoms with Gasteiger partial charge in [-0.25, -0.2) is 4.79 Å². The number of ether oxygens (including phenoxy) is 1. The standard InChI is InChI=1S/C19H28N2O2/c1-5-10-17-16(20-15-11-7-6-8-12-15)13-9-14-21(17)18(22)23-19(2,3)4/h6-9,11-13,16-17,20H,5,10,14H2,1-4H3/t16-,17+/m0/s1. The molecule has 0 bridgehead atoms. The Balaban J connectivity index is 2.14. The summed E-state index contributed by atoms with van der Waals surface area (Å²) in [6.07, 6.45) is 5.92. The Kier molecular flexibility index (Phi) is 5.69. The van der Waals surface area contributed by atoms with Crippen molar-refractivity contribution in [3.05, 3.63) is 42.5 Å². The van der Waals surface area contributed by atoms with E-state index in [-0.39, 0.29) is 18.2 Å². The number of nitrogens with one attached hydrogen (secondary N) is 1. The van der Waals surface area contributed by atoms with Crippen molar-refractivity contribution in [3.63, 3.8) is 0 Å². The van der Waals surface area contributed by atoms with Crippen LogP contribution in [-0.2, 0) is 4.74 Å². The molecule has 126 valence electrons. The second-order valence-corrected chi connectivity index (χ2v) is 6.95. The zero-order valence-electron chi connectivity index (χ0n) is 14.6. The summed E-state index contributed by atoms with van der Waals surface area (Å²) in [4.78, 5) is 14.4. The van der Waals surface area contributed by atoms with E-state index in [2.05, 4.69) is 18.3 Å². The van der Waals surface area contributed by atoms with Crippen molar-refractivity contribution in [2.75, 3.05) is 11.9 Å². The number of carbonyl (C=O) groups excluding carboxylic acids is 1. The van der Waals surface area contributed by atoms with Gasteiger partial charge >= 0.3 is 6.09 Å². The average molecular weight is 316 g/mol. The lowest BCUT2D eigenvalue weighted by molar-refractivity contribution is 0.0160. The van der Waals surface area contributed by atoms with Crippen LogP contribution in [0.1, 0.15) is 40.5 Å². The van der Waals surface area contributed by atoms with E-state index < -0.39 is 5.60 Å². The highest BCUT2D eigenvalue weighted by Gasteiger charge is 2.33. The predicted octanol–water partition coefficient (Wildman–Crippen LogP) is 4.44. The number of hydrogen-bond acceptors (Lipinski definition) is 3. The van der Waals surface area contributed by atoms with Gasteiger partial charge in [0.2, 0.25) is 0 Å². The fourth-order valence-corrected chi connectivity index (χ4v) is 2.81. The lowest BCUT2D eigenvalue weighted by Gasteiger charge is -2.39. The lowest BCUT2D eigenvalue weighted by atomic mass is 9.97. The summed E-state index contributed by atoms with van der Waals surface area (Å²) in [5, 5.41) is 3.53. The number of carbonyl (C=O) groups is 1. The van der Waals surface area contributed by atoms with E-state index in [0.29, 0.717) is 6.54 Å². The minimum atomic E-state index is -0.475.